The third kappa shape index (κ3) is 2.34. The Labute approximate surface area is 84.4 Å². The number of carbonyl (C=O) groups excluding carboxylic acids is 1. The van der Waals surface area contributed by atoms with Crippen molar-refractivity contribution in [2.75, 3.05) is 0 Å². The van der Waals surface area contributed by atoms with E-state index in [1.807, 2.05) is 18.2 Å². The molecule has 12 heavy (non-hydrogen) atoms. The molecule has 0 aromatic heterocycles. The molecule has 1 aromatic carbocycles. The van der Waals surface area contributed by atoms with Crippen LogP contribution >= 0.6 is 22.6 Å². The zero-order valence-electron chi connectivity index (χ0n) is 6.29. The highest BCUT2D eigenvalue weighted by atomic mass is 127. The average molecular weight is 274 g/mol. The second-order valence-electron chi connectivity index (χ2n) is 2.06. The van der Waals surface area contributed by atoms with Crippen molar-refractivity contribution in [3.8, 4) is 5.75 Å². The molecule has 62 valence electrons. The zero-order valence-corrected chi connectivity index (χ0v) is 8.45. The van der Waals surface area contributed by atoms with E-state index in [9.17, 15) is 4.79 Å². The topological polar surface area (TPSA) is 26.3 Å². The molecule has 0 fully saturated rings. The number of carbonyl (C=O) groups is 1. The molecule has 0 heterocycles. The molecule has 2 nitrogen and oxygen atoms in total. The van der Waals surface area contributed by atoms with Crippen molar-refractivity contribution in [3.05, 3.63) is 40.5 Å². The predicted octanol–water partition coefficient (Wildman–Crippen LogP) is 2.38. The minimum atomic E-state index is -0.431. The maximum absolute atomic E-state index is 10.8. The van der Waals surface area contributed by atoms with Gasteiger partial charge in [-0.15, -0.1) is 0 Å². The Morgan fingerprint density at radius 1 is 1.50 bits per heavy atom. The van der Waals surface area contributed by atoms with Crippen LogP contribution in [0.3, 0.4) is 0 Å². The summed E-state index contributed by atoms with van der Waals surface area (Å²) >= 11 is 2.10. The summed E-state index contributed by atoms with van der Waals surface area (Å²) in [5.74, 6) is 0.141. The van der Waals surface area contributed by atoms with Gasteiger partial charge in [-0.1, -0.05) is 18.7 Å². The van der Waals surface area contributed by atoms with E-state index in [0.29, 0.717) is 5.75 Å². The molecule has 0 amide bonds. The van der Waals surface area contributed by atoms with Crippen LogP contribution in [0.4, 0.5) is 0 Å². The molecule has 0 saturated carbocycles. The Kier molecular flexibility index (Phi) is 3.28. The van der Waals surface area contributed by atoms with Crippen LogP contribution < -0.4 is 4.74 Å². The minimum Gasteiger partial charge on any atom is -0.422 e. The lowest BCUT2D eigenvalue weighted by atomic mass is 10.3. The molecule has 1 rings (SSSR count). The van der Waals surface area contributed by atoms with Gasteiger partial charge in [-0.3, -0.25) is 0 Å². The number of benzene rings is 1. The molecule has 0 saturated heterocycles. The monoisotopic (exact) mass is 274 g/mol. The van der Waals surface area contributed by atoms with Gasteiger partial charge in [0.25, 0.3) is 0 Å². The Morgan fingerprint density at radius 3 is 2.75 bits per heavy atom. The van der Waals surface area contributed by atoms with Gasteiger partial charge in [-0.25, -0.2) is 4.79 Å². The summed E-state index contributed by atoms with van der Waals surface area (Å²) in [6, 6.07) is 7.30. The molecule has 1 aromatic rings. The standard InChI is InChI=1S/C9H7IO2/c1-2-9(11)12-8-6-4-3-5-7(8)10/h2-6H,1H2. The van der Waals surface area contributed by atoms with Crippen molar-refractivity contribution in [2.45, 2.75) is 0 Å². The molecule has 3 heteroatoms. The van der Waals surface area contributed by atoms with Gasteiger partial charge in [0.2, 0.25) is 0 Å². The molecule has 0 N–H and O–H groups in total. The maximum Gasteiger partial charge on any atom is 0.335 e. The predicted molar refractivity (Wildman–Crippen MR) is 55.0 cm³/mol. The fourth-order valence-electron chi connectivity index (χ4n) is 0.678. The largest absolute Gasteiger partial charge is 0.422 e. The van der Waals surface area contributed by atoms with E-state index < -0.39 is 5.97 Å². The van der Waals surface area contributed by atoms with E-state index in [-0.39, 0.29) is 0 Å². The minimum absolute atomic E-state index is 0.431. The first-order valence-corrected chi connectivity index (χ1v) is 4.40. The van der Waals surface area contributed by atoms with Crippen LogP contribution in [-0.4, -0.2) is 5.97 Å². The van der Waals surface area contributed by atoms with Crippen molar-refractivity contribution in [3.63, 3.8) is 0 Å². The lowest BCUT2D eigenvalue weighted by Gasteiger charge is -2.01. The lowest BCUT2D eigenvalue weighted by molar-refractivity contribution is -0.129. The Bertz CT molecular complexity index is 307. The van der Waals surface area contributed by atoms with Crippen molar-refractivity contribution in [1.82, 2.24) is 0 Å². The zero-order chi connectivity index (χ0) is 8.97. The van der Waals surface area contributed by atoms with Crippen molar-refractivity contribution in [2.24, 2.45) is 0 Å². The van der Waals surface area contributed by atoms with Gasteiger partial charge < -0.3 is 4.74 Å². The van der Waals surface area contributed by atoms with E-state index in [4.69, 9.17) is 4.74 Å². The van der Waals surface area contributed by atoms with Gasteiger partial charge >= 0.3 is 5.97 Å². The van der Waals surface area contributed by atoms with Crippen LogP contribution in [-0.2, 0) is 4.79 Å². The Balaban J connectivity index is 2.82. The quantitative estimate of drug-likeness (QED) is 0.358. The van der Waals surface area contributed by atoms with Gasteiger partial charge in [0.1, 0.15) is 5.75 Å². The third-order valence-electron chi connectivity index (χ3n) is 1.21. The number of halogens is 1. The lowest BCUT2D eigenvalue weighted by Crippen LogP contribution is -2.03. The number of para-hydroxylation sites is 1. The Morgan fingerprint density at radius 2 is 2.17 bits per heavy atom. The molecule has 0 aliphatic carbocycles. The van der Waals surface area contributed by atoms with Crippen LogP contribution in [0, 0.1) is 3.57 Å². The van der Waals surface area contributed by atoms with Crippen LogP contribution in [0.15, 0.2) is 36.9 Å². The van der Waals surface area contributed by atoms with Gasteiger partial charge in [0, 0.05) is 6.08 Å². The summed E-state index contributed by atoms with van der Waals surface area (Å²) in [4.78, 5) is 10.8. The van der Waals surface area contributed by atoms with Crippen LogP contribution in [0.5, 0.6) is 5.75 Å². The number of hydrogen-bond acceptors (Lipinski definition) is 2. The molecular formula is C9H7IO2. The van der Waals surface area contributed by atoms with Crippen molar-refractivity contribution < 1.29 is 9.53 Å². The van der Waals surface area contributed by atoms with E-state index in [1.54, 1.807) is 6.07 Å². The smallest absolute Gasteiger partial charge is 0.335 e. The summed E-state index contributed by atoms with van der Waals surface area (Å²) in [7, 11) is 0. The third-order valence-corrected chi connectivity index (χ3v) is 2.11. The Hall–Kier alpha value is -0.840. The fourth-order valence-corrected chi connectivity index (χ4v) is 1.18. The van der Waals surface area contributed by atoms with Crippen molar-refractivity contribution in [1.29, 1.82) is 0 Å². The summed E-state index contributed by atoms with van der Waals surface area (Å²) in [5.41, 5.74) is 0. The van der Waals surface area contributed by atoms with Crippen LogP contribution in [0.25, 0.3) is 0 Å². The molecular weight excluding hydrogens is 267 g/mol. The van der Waals surface area contributed by atoms with E-state index in [0.717, 1.165) is 9.65 Å². The normalized spacial score (nSPS) is 9.08. The highest BCUT2D eigenvalue weighted by molar-refractivity contribution is 14.1. The number of ether oxygens (including phenoxy) is 1. The highest BCUT2D eigenvalue weighted by Gasteiger charge is 2.02. The first kappa shape index (κ1) is 9.25. The summed E-state index contributed by atoms with van der Waals surface area (Å²) in [6.07, 6.45) is 1.14. The summed E-state index contributed by atoms with van der Waals surface area (Å²) in [5, 5.41) is 0. The van der Waals surface area contributed by atoms with Gasteiger partial charge in [-0.05, 0) is 34.7 Å². The second kappa shape index (κ2) is 4.25. The number of rotatable bonds is 2. The molecule has 0 unspecified atom stereocenters. The van der Waals surface area contributed by atoms with Crippen LogP contribution in [0.1, 0.15) is 0 Å². The molecule has 0 spiro atoms. The van der Waals surface area contributed by atoms with Gasteiger partial charge in [0.15, 0.2) is 0 Å². The first-order valence-electron chi connectivity index (χ1n) is 3.33. The molecule has 0 aliphatic rings. The van der Waals surface area contributed by atoms with E-state index >= 15 is 0 Å². The van der Waals surface area contributed by atoms with Gasteiger partial charge in [0.05, 0.1) is 3.57 Å². The molecule has 0 radical (unpaired) electrons. The van der Waals surface area contributed by atoms with E-state index in [2.05, 4.69) is 29.2 Å². The maximum atomic E-state index is 10.8. The highest BCUT2D eigenvalue weighted by Crippen LogP contribution is 2.19. The SMILES string of the molecule is C=CC(=O)Oc1ccccc1I. The van der Waals surface area contributed by atoms with E-state index in [1.165, 1.54) is 0 Å². The average Bonchev–Trinajstić information content (AvgIpc) is 2.09. The molecule has 0 bridgehead atoms. The van der Waals surface area contributed by atoms with Gasteiger partial charge in [-0.2, -0.15) is 0 Å². The number of esters is 1. The van der Waals surface area contributed by atoms with Crippen molar-refractivity contribution >= 4 is 28.6 Å². The second-order valence-corrected chi connectivity index (χ2v) is 3.22. The summed E-state index contributed by atoms with van der Waals surface area (Å²) in [6.45, 7) is 3.31. The number of hydrogen-bond donors (Lipinski definition) is 0. The molecule has 0 atom stereocenters. The van der Waals surface area contributed by atoms with Crippen LogP contribution in [0.2, 0.25) is 0 Å². The fraction of sp³-hybridized carbons (Fsp3) is 0. The first-order chi connectivity index (χ1) is 5.74. The molecule has 0 aliphatic heterocycles. The summed E-state index contributed by atoms with van der Waals surface area (Å²) < 4.78 is 5.84.